The van der Waals surface area contributed by atoms with E-state index in [9.17, 15) is 23.2 Å². The molecule has 0 fully saturated rings. The highest BCUT2D eigenvalue weighted by Gasteiger charge is 2.23. The van der Waals surface area contributed by atoms with Crippen molar-refractivity contribution in [2.45, 2.75) is 26.5 Å². The number of nitrogens with zero attached hydrogens (tertiary/aromatic N) is 1. The van der Waals surface area contributed by atoms with E-state index >= 15 is 0 Å². The minimum atomic E-state index is -0.759. The number of ether oxygens (including phenoxy) is 1. The molecule has 0 radical (unpaired) electrons. The van der Waals surface area contributed by atoms with Crippen LogP contribution in [0.25, 0.3) is 0 Å². The van der Waals surface area contributed by atoms with E-state index in [1.165, 1.54) is 24.0 Å². The third kappa shape index (κ3) is 5.44. The van der Waals surface area contributed by atoms with Crippen molar-refractivity contribution in [2.24, 2.45) is 0 Å². The Bertz CT molecular complexity index is 816. The summed E-state index contributed by atoms with van der Waals surface area (Å²) >= 11 is 0. The standard InChI is InChI=1S/C20H19F2NO4/c1-13(17-9-18(21)11-19(22)10-17)23(7-8-24)20(26)16-5-3-15(4-6-16)12-27-14(2)25/h3-6,8-11,13H,7,12H2,1-2H3. The molecule has 27 heavy (non-hydrogen) atoms. The first kappa shape index (κ1) is 20.2. The van der Waals surface area contributed by atoms with Crippen LogP contribution in [0.5, 0.6) is 0 Å². The molecule has 7 heteroatoms. The van der Waals surface area contributed by atoms with Gasteiger partial charge in [0.2, 0.25) is 0 Å². The van der Waals surface area contributed by atoms with Crippen molar-refractivity contribution in [3.8, 4) is 0 Å². The highest BCUT2D eigenvalue weighted by atomic mass is 19.1. The second-order valence-electron chi connectivity index (χ2n) is 5.98. The lowest BCUT2D eigenvalue weighted by Gasteiger charge is -2.28. The minimum absolute atomic E-state index is 0.0842. The van der Waals surface area contributed by atoms with Gasteiger partial charge in [0.05, 0.1) is 12.6 Å². The van der Waals surface area contributed by atoms with Crippen LogP contribution in [-0.4, -0.2) is 29.6 Å². The zero-order valence-corrected chi connectivity index (χ0v) is 14.9. The van der Waals surface area contributed by atoms with Crippen LogP contribution >= 0.6 is 0 Å². The third-order valence-corrected chi connectivity index (χ3v) is 4.01. The van der Waals surface area contributed by atoms with Gasteiger partial charge in [0, 0.05) is 18.6 Å². The Hall–Kier alpha value is -3.09. The summed E-state index contributed by atoms with van der Waals surface area (Å²) in [4.78, 5) is 35.9. The van der Waals surface area contributed by atoms with Crippen LogP contribution in [0.4, 0.5) is 8.78 Å². The first-order chi connectivity index (χ1) is 12.8. The van der Waals surface area contributed by atoms with Crippen molar-refractivity contribution in [1.29, 1.82) is 0 Å². The quantitative estimate of drug-likeness (QED) is 0.549. The van der Waals surface area contributed by atoms with Gasteiger partial charge in [0.15, 0.2) is 0 Å². The topological polar surface area (TPSA) is 63.7 Å². The average Bonchev–Trinajstić information content (AvgIpc) is 2.63. The molecule has 1 amide bonds. The molecule has 0 aliphatic rings. The molecule has 0 spiro atoms. The smallest absolute Gasteiger partial charge is 0.302 e. The van der Waals surface area contributed by atoms with Crippen LogP contribution in [0.1, 0.15) is 41.4 Å². The molecule has 5 nitrogen and oxygen atoms in total. The number of halogens is 2. The molecule has 0 aliphatic heterocycles. The highest BCUT2D eigenvalue weighted by Crippen LogP contribution is 2.24. The Labute approximate surface area is 155 Å². The Balaban J connectivity index is 2.23. The zero-order valence-electron chi connectivity index (χ0n) is 14.9. The second kappa shape index (κ2) is 9.02. The molecular weight excluding hydrogens is 356 g/mol. The van der Waals surface area contributed by atoms with E-state index in [1.54, 1.807) is 19.1 Å². The van der Waals surface area contributed by atoms with Gasteiger partial charge < -0.3 is 14.4 Å². The molecule has 0 bridgehead atoms. The molecule has 1 unspecified atom stereocenters. The van der Waals surface area contributed by atoms with Crippen molar-refractivity contribution in [3.63, 3.8) is 0 Å². The van der Waals surface area contributed by atoms with E-state index in [1.807, 2.05) is 0 Å². The van der Waals surface area contributed by atoms with Gasteiger partial charge in [-0.25, -0.2) is 8.78 Å². The van der Waals surface area contributed by atoms with Gasteiger partial charge in [-0.05, 0) is 42.3 Å². The number of aldehydes is 1. The van der Waals surface area contributed by atoms with Crippen LogP contribution < -0.4 is 0 Å². The molecule has 2 aromatic rings. The summed E-state index contributed by atoms with van der Waals surface area (Å²) in [5.41, 5.74) is 1.24. The Morgan fingerprint density at radius 2 is 1.70 bits per heavy atom. The van der Waals surface area contributed by atoms with E-state index in [4.69, 9.17) is 4.74 Å². The first-order valence-corrected chi connectivity index (χ1v) is 8.24. The molecule has 1 atom stereocenters. The molecule has 2 aromatic carbocycles. The molecule has 2 rings (SSSR count). The molecule has 0 N–H and O–H groups in total. The van der Waals surface area contributed by atoms with Crippen LogP contribution in [0, 0.1) is 11.6 Å². The predicted molar refractivity (Wildman–Crippen MR) is 93.8 cm³/mol. The fraction of sp³-hybridized carbons (Fsp3) is 0.250. The number of esters is 1. The number of amides is 1. The molecule has 0 saturated heterocycles. The van der Waals surface area contributed by atoms with Gasteiger partial charge in [-0.15, -0.1) is 0 Å². The number of rotatable bonds is 7. The lowest BCUT2D eigenvalue weighted by Crippen LogP contribution is -2.35. The van der Waals surface area contributed by atoms with E-state index in [0.717, 1.165) is 18.2 Å². The van der Waals surface area contributed by atoms with Crippen molar-refractivity contribution in [3.05, 3.63) is 70.8 Å². The first-order valence-electron chi connectivity index (χ1n) is 8.24. The molecule has 0 saturated carbocycles. The molecular formula is C20H19F2NO4. The summed E-state index contributed by atoms with van der Waals surface area (Å²) in [6.45, 7) is 2.74. The lowest BCUT2D eigenvalue weighted by atomic mass is 10.0. The Morgan fingerprint density at radius 3 is 2.22 bits per heavy atom. The Morgan fingerprint density at radius 1 is 1.11 bits per heavy atom. The van der Waals surface area contributed by atoms with Gasteiger partial charge in [0.1, 0.15) is 24.5 Å². The largest absolute Gasteiger partial charge is 0.461 e. The van der Waals surface area contributed by atoms with E-state index in [0.29, 0.717) is 17.4 Å². The van der Waals surface area contributed by atoms with E-state index < -0.39 is 29.6 Å². The molecule has 0 aromatic heterocycles. The molecule has 0 aliphatic carbocycles. The fourth-order valence-electron chi connectivity index (χ4n) is 2.59. The minimum Gasteiger partial charge on any atom is -0.461 e. The maximum Gasteiger partial charge on any atom is 0.302 e. The number of hydrogen-bond donors (Lipinski definition) is 0. The van der Waals surface area contributed by atoms with Crippen LogP contribution in [0.15, 0.2) is 42.5 Å². The maximum atomic E-state index is 13.5. The maximum absolute atomic E-state index is 13.5. The fourth-order valence-corrected chi connectivity index (χ4v) is 2.59. The monoisotopic (exact) mass is 375 g/mol. The van der Waals surface area contributed by atoms with Crippen molar-refractivity contribution >= 4 is 18.2 Å². The van der Waals surface area contributed by atoms with Gasteiger partial charge in [-0.3, -0.25) is 9.59 Å². The zero-order chi connectivity index (χ0) is 20.0. The number of benzene rings is 2. The summed E-state index contributed by atoms with van der Waals surface area (Å²) in [6, 6.07) is 8.61. The van der Waals surface area contributed by atoms with Gasteiger partial charge in [-0.2, -0.15) is 0 Å². The van der Waals surface area contributed by atoms with E-state index in [2.05, 4.69) is 0 Å². The van der Waals surface area contributed by atoms with Crippen LogP contribution in [0.2, 0.25) is 0 Å². The summed E-state index contributed by atoms with van der Waals surface area (Å²) in [5, 5.41) is 0. The van der Waals surface area contributed by atoms with Crippen molar-refractivity contribution < 1.29 is 27.9 Å². The predicted octanol–water partition coefficient (Wildman–Crippen LogP) is 3.43. The number of hydrogen-bond acceptors (Lipinski definition) is 4. The second-order valence-corrected chi connectivity index (χ2v) is 5.98. The third-order valence-electron chi connectivity index (χ3n) is 4.01. The van der Waals surface area contributed by atoms with Crippen LogP contribution in [-0.2, 0) is 20.9 Å². The summed E-state index contributed by atoms with van der Waals surface area (Å²) in [5.74, 6) is -2.39. The van der Waals surface area contributed by atoms with Crippen molar-refractivity contribution in [1.82, 2.24) is 4.90 Å². The summed E-state index contributed by atoms with van der Waals surface area (Å²) in [7, 11) is 0. The SMILES string of the molecule is CC(=O)OCc1ccc(C(=O)N(CC=O)C(C)c2cc(F)cc(F)c2)cc1. The van der Waals surface area contributed by atoms with E-state index in [-0.39, 0.29) is 18.7 Å². The lowest BCUT2D eigenvalue weighted by molar-refractivity contribution is -0.142. The molecule has 0 heterocycles. The summed E-state index contributed by atoms with van der Waals surface area (Å²) < 4.78 is 31.9. The number of carbonyl (C=O) groups is 3. The van der Waals surface area contributed by atoms with Crippen molar-refractivity contribution in [2.75, 3.05) is 6.54 Å². The molecule has 142 valence electrons. The normalized spacial score (nSPS) is 11.6. The van der Waals surface area contributed by atoms with Gasteiger partial charge >= 0.3 is 5.97 Å². The Kier molecular flexibility index (Phi) is 6.76. The van der Waals surface area contributed by atoms with Gasteiger partial charge in [-0.1, -0.05) is 12.1 Å². The van der Waals surface area contributed by atoms with Crippen LogP contribution in [0.3, 0.4) is 0 Å². The highest BCUT2D eigenvalue weighted by molar-refractivity contribution is 5.95. The number of carbonyl (C=O) groups excluding carboxylic acids is 3. The summed E-state index contributed by atoms with van der Waals surface area (Å²) in [6.07, 6.45) is 0.555. The van der Waals surface area contributed by atoms with Gasteiger partial charge in [0.25, 0.3) is 5.91 Å². The average molecular weight is 375 g/mol.